The Morgan fingerprint density at radius 1 is 1.20 bits per heavy atom. The zero-order valence-corrected chi connectivity index (χ0v) is 14.8. The molecule has 134 valence electrons. The third-order valence-corrected chi connectivity index (χ3v) is 4.94. The second kappa shape index (κ2) is 7.37. The molecule has 0 spiro atoms. The molecule has 0 bridgehead atoms. The summed E-state index contributed by atoms with van der Waals surface area (Å²) in [5, 5.41) is 13.6. The third-order valence-electron chi connectivity index (χ3n) is 4.94. The lowest BCUT2D eigenvalue weighted by Crippen LogP contribution is -2.47. The molecule has 0 aliphatic carbocycles. The Morgan fingerprint density at radius 3 is 2.44 bits per heavy atom. The second-order valence-corrected chi connectivity index (χ2v) is 6.72. The Hall–Kier alpha value is -2.18. The molecule has 25 heavy (non-hydrogen) atoms. The lowest BCUT2D eigenvalue weighted by Gasteiger charge is -2.32. The van der Waals surface area contributed by atoms with Crippen molar-refractivity contribution < 1.29 is 14.7 Å². The zero-order chi connectivity index (χ0) is 18.0. The summed E-state index contributed by atoms with van der Waals surface area (Å²) in [5.74, 6) is -1.12. The van der Waals surface area contributed by atoms with E-state index in [2.05, 4.69) is 10.2 Å². The van der Waals surface area contributed by atoms with Crippen molar-refractivity contribution in [1.29, 1.82) is 0 Å². The number of nitrogens with one attached hydrogen (secondary N) is 1. The molecule has 0 saturated carbocycles. The van der Waals surface area contributed by atoms with Gasteiger partial charge in [0, 0.05) is 39.3 Å². The molecule has 0 aromatic heterocycles. The van der Waals surface area contributed by atoms with E-state index in [1.165, 1.54) is 6.92 Å². The largest absolute Gasteiger partial charge is 0.503 e. The van der Waals surface area contributed by atoms with Gasteiger partial charge in [0.05, 0.1) is 11.6 Å². The van der Waals surface area contributed by atoms with E-state index in [0.717, 1.165) is 43.9 Å². The summed E-state index contributed by atoms with van der Waals surface area (Å²) in [5.41, 5.74) is 2.17. The summed E-state index contributed by atoms with van der Waals surface area (Å²) in [7, 11) is 0. The van der Waals surface area contributed by atoms with Crippen molar-refractivity contribution in [2.24, 2.45) is 0 Å². The van der Waals surface area contributed by atoms with Crippen LogP contribution in [-0.2, 0) is 9.59 Å². The summed E-state index contributed by atoms with van der Waals surface area (Å²) in [6.07, 6.45) is 0. The van der Waals surface area contributed by atoms with Crippen LogP contribution in [-0.4, -0.2) is 65.9 Å². The molecule has 2 aliphatic heterocycles. The molecule has 2 N–H and O–H groups in total. The molecular formula is C19H25N3O3. The molecule has 1 saturated heterocycles. The van der Waals surface area contributed by atoms with Gasteiger partial charge in [-0.2, -0.15) is 0 Å². The fraction of sp³-hybridized carbons (Fsp3) is 0.474. The van der Waals surface area contributed by atoms with Gasteiger partial charge in [0.2, 0.25) is 0 Å². The standard InChI is InChI=1S/C19H25N3O3/c1-13-3-5-15(6-4-13)17-16(14(2)23)18(24)19(25)22(17)12-11-21-9-7-20-8-10-21/h3-6,17,20,24H,7-12H2,1-2H3/t17-/m1/s1. The van der Waals surface area contributed by atoms with Gasteiger partial charge in [0.15, 0.2) is 11.5 Å². The summed E-state index contributed by atoms with van der Waals surface area (Å²) >= 11 is 0. The fourth-order valence-corrected chi connectivity index (χ4v) is 3.52. The minimum absolute atomic E-state index is 0.203. The predicted molar refractivity (Wildman–Crippen MR) is 95.3 cm³/mol. The number of amides is 1. The number of ketones is 1. The molecule has 1 fully saturated rings. The zero-order valence-electron chi connectivity index (χ0n) is 14.8. The summed E-state index contributed by atoms with van der Waals surface area (Å²) in [4.78, 5) is 28.6. The van der Waals surface area contributed by atoms with Gasteiger partial charge in [0.1, 0.15) is 0 Å². The van der Waals surface area contributed by atoms with Gasteiger partial charge in [-0.3, -0.25) is 14.5 Å². The van der Waals surface area contributed by atoms with E-state index in [0.29, 0.717) is 6.54 Å². The van der Waals surface area contributed by atoms with Crippen LogP contribution >= 0.6 is 0 Å². The number of piperazine rings is 1. The molecule has 6 heteroatoms. The van der Waals surface area contributed by atoms with Crippen LogP contribution in [0.15, 0.2) is 35.6 Å². The molecule has 1 aromatic rings. The van der Waals surface area contributed by atoms with Crippen LogP contribution in [0.1, 0.15) is 24.1 Å². The normalized spacial score (nSPS) is 21.9. The van der Waals surface area contributed by atoms with Gasteiger partial charge < -0.3 is 15.3 Å². The molecule has 0 unspecified atom stereocenters. The highest BCUT2D eigenvalue weighted by Crippen LogP contribution is 2.37. The summed E-state index contributed by atoms with van der Waals surface area (Å²) in [6.45, 7) is 8.37. The van der Waals surface area contributed by atoms with Crippen molar-refractivity contribution in [3.8, 4) is 0 Å². The number of hydrogen-bond acceptors (Lipinski definition) is 5. The Balaban J connectivity index is 1.85. The maximum absolute atomic E-state index is 12.6. The van der Waals surface area contributed by atoms with Gasteiger partial charge in [-0.25, -0.2) is 0 Å². The summed E-state index contributed by atoms with van der Waals surface area (Å²) < 4.78 is 0. The van der Waals surface area contributed by atoms with E-state index < -0.39 is 17.7 Å². The lowest BCUT2D eigenvalue weighted by molar-refractivity contribution is -0.129. The first-order valence-electron chi connectivity index (χ1n) is 8.73. The number of carbonyl (C=O) groups is 2. The minimum Gasteiger partial charge on any atom is -0.503 e. The van der Waals surface area contributed by atoms with Crippen LogP contribution in [0, 0.1) is 6.92 Å². The fourth-order valence-electron chi connectivity index (χ4n) is 3.52. The second-order valence-electron chi connectivity index (χ2n) is 6.72. The van der Waals surface area contributed by atoms with Crippen molar-refractivity contribution >= 4 is 11.7 Å². The van der Waals surface area contributed by atoms with Gasteiger partial charge in [0.25, 0.3) is 5.91 Å². The number of nitrogens with zero attached hydrogens (tertiary/aromatic N) is 2. The lowest BCUT2D eigenvalue weighted by atomic mass is 9.96. The van der Waals surface area contributed by atoms with E-state index >= 15 is 0 Å². The average molecular weight is 343 g/mol. The predicted octanol–water partition coefficient (Wildman–Crippen LogP) is 1.18. The topological polar surface area (TPSA) is 72.9 Å². The summed E-state index contributed by atoms with van der Waals surface area (Å²) in [6, 6.07) is 7.26. The van der Waals surface area contributed by atoms with Gasteiger partial charge in [-0.05, 0) is 19.4 Å². The average Bonchev–Trinajstić information content (AvgIpc) is 2.86. The van der Waals surface area contributed by atoms with Crippen molar-refractivity contribution in [3.05, 3.63) is 46.7 Å². The molecule has 1 amide bonds. The number of benzene rings is 1. The van der Waals surface area contributed by atoms with Crippen molar-refractivity contribution in [2.75, 3.05) is 39.3 Å². The highest BCUT2D eigenvalue weighted by atomic mass is 16.3. The number of hydrogen-bond donors (Lipinski definition) is 2. The van der Waals surface area contributed by atoms with E-state index in [1.54, 1.807) is 4.90 Å². The quantitative estimate of drug-likeness (QED) is 0.840. The third kappa shape index (κ3) is 3.60. The Kier molecular flexibility index (Phi) is 5.20. The van der Waals surface area contributed by atoms with Crippen molar-refractivity contribution in [1.82, 2.24) is 15.1 Å². The SMILES string of the molecule is CC(=O)C1=C(O)C(=O)N(CCN2CCNCC2)[C@@H]1c1ccc(C)cc1. The maximum Gasteiger partial charge on any atom is 0.290 e. The molecule has 2 aliphatic rings. The molecule has 1 atom stereocenters. The van der Waals surface area contributed by atoms with Crippen LogP contribution < -0.4 is 5.32 Å². The number of carbonyl (C=O) groups excluding carboxylic acids is 2. The van der Waals surface area contributed by atoms with Crippen LogP contribution in [0.5, 0.6) is 0 Å². The van der Waals surface area contributed by atoms with Crippen LogP contribution in [0.25, 0.3) is 0 Å². The minimum atomic E-state index is -0.506. The first-order chi connectivity index (χ1) is 12.0. The molecule has 3 rings (SSSR count). The van der Waals surface area contributed by atoms with E-state index in [9.17, 15) is 14.7 Å². The number of aryl methyl sites for hydroxylation is 1. The van der Waals surface area contributed by atoms with Crippen LogP contribution in [0.3, 0.4) is 0 Å². The number of aliphatic hydroxyl groups is 1. The number of rotatable bonds is 5. The monoisotopic (exact) mass is 343 g/mol. The van der Waals surface area contributed by atoms with E-state index in [4.69, 9.17) is 0 Å². The Morgan fingerprint density at radius 2 is 1.84 bits per heavy atom. The molecule has 2 heterocycles. The number of aliphatic hydroxyl groups excluding tert-OH is 1. The van der Waals surface area contributed by atoms with Gasteiger partial charge in [-0.1, -0.05) is 29.8 Å². The highest BCUT2D eigenvalue weighted by Gasteiger charge is 2.42. The molecular weight excluding hydrogens is 318 g/mol. The van der Waals surface area contributed by atoms with Gasteiger partial charge in [-0.15, -0.1) is 0 Å². The van der Waals surface area contributed by atoms with E-state index in [1.807, 2.05) is 31.2 Å². The molecule has 6 nitrogen and oxygen atoms in total. The Labute approximate surface area is 148 Å². The number of Topliss-reactive ketones (excluding diaryl/α,β-unsaturated/α-hetero) is 1. The maximum atomic E-state index is 12.6. The van der Waals surface area contributed by atoms with Crippen molar-refractivity contribution in [3.63, 3.8) is 0 Å². The smallest absolute Gasteiger partial charge is 0.290 e. The van der Waals surface area contributed by atoms with Crippen LogP contribution in [0.4, 0.5) is 0 Å². The highest BCUT2D eigenvalue weighted by molar-refractivity contribution is 6.08. The first kappa shape index (κ1) is 17.6. The van der Waals surface area contributed by atoms with Crippen molar-refractivity contribution in [2.45, 2.75) is 19.9 Å². The van der Waals surface area contributed by atoms with Gasteiger partial charge >= 0.3 is 0 Å². The first-order valence-corrected chi connectivity index (χ1v) is 8.73. The molecule has 0 radical (unpaired) electrons. The van der Waals surface area contributed by atoms with Crippen LogP contribution in [0.2, 0.25) is 0 Å². The Bertz CT molecular complexity index is 690. The van der Waals surface area contributed by atoms with E-state index in [-0.39, 0.29) is 11.4 Å². The molecule has 1 aromatic carbocycles.